The average Bonchev–Trinajstić information content (AvgIpc) is 2.90. The molecule has 1 aliphatic heterocycles. The number of piperidine rings is 1. The van der Waals surface area contributed by atoms with Gasteiger partial charge in [-0.2, -0.15) is 0 Å². The van der Waals surface area contributed by atoms with E-state index in [-0.39, 0.29) is 0 Å². The highest BCUT2D eigenvalue weighted by molar-refractivity contribution is 5.70. The van der Waals surface area contributed by atoms with Gasteiger partial charge in [-0.3, -0.25) is 0 Å². The Hall–Kier alpha value is -1.38. The molecule has 1 saturated heterocycles. The lowest BCUT2D eigenvalue weighted by Gasteiger charge is -2.30. The highest BCUT2D eigenvalue weighted by atomic mass is 16.5. The average molecular weight is 218 g/mol. The summed E-state index contributed by atoms with van der Waals surface area (Å²) in [6, 6.07) is 6.73. The summed E-state index contributed by atoms with van der Waals surface area (Å²) in [6.07, 6.45) is 4.08. The van der Waals surface area contributed by atoms with Crippen molar-refractivity contribution in [1.82, 2.24) is 0 Å². The van der Waals surface area contributed by atoms with Crippen LogP contribution in [0.3, 0.4) is 0 Å². The highest BCUT2D eigenvalue weighted by Gasteiger charge is 2.38. The summed E-state index contributed by atoms with van der Waals surface area (Å²) in [5.74, 6) is 1.73. The van der Waals surface area contributed by atoms with E-state index in [0.717, 1.165) is 23.4 Å². The summed E-state index contributed by atoms with van der Waals surface area (Å²) < 4.78 is 5.18. The maximum atomic E-state index is 6.09. The van der Waals surface area contributed by atoms with Gasteiger partial charge >= 0.3 is 0 Å². The molecule has 0 radical (unpaired) electrons. The van der Waals surface area contributed by atoms with Crippen LogP contribution in [0.25, 0.3) is 0 Å². The molecule has 3 nitrogen and oxygen atoms in total. The summed E-state index contributed by atoms with van der Waals surface area (Å²) in [6.45, 7) is 1.18. The summed E-state index contributed by atoms with van der Waals surface area (Å²) in [5, 5.41) is 0. The van der Waals surface area contributed by atoms with Crippen LogP contribution < -0.4 is 15.4 Å². The van der Waals surface area contributed by atoms with E-state index in [1.165, 1.54) is 31.5 Å². The van der Waals surface area contributed by atoms with Gasteiger partial charge in [0.15, 0.2) is 0 Å². The number of fused-ring (bicyclic) bond motifs is 2. The van der Waals surface area contributed by atoms with E-state index in [1.807, 2.05) is 12.1 Å². The number of methoxy groups -OCH3 is 1. The predicted octanol–water partition coefficient (Wildman–Crippen LogP) is 2.27. The Labute approximate surface area is 96.2 Å². The normalized spacial score (nSPS) is 27.4. The zero-order chi connectivity index (χ0) is 11.1. The van der Waals surface area contributed by atoms with Crippen molar-refractivity contribution in [1.29, 1.82) is 0 Å². The van der Waals surface area contributed by atoms with Gasteiger partial charge in [-0.05, 0) is 37.3 Å². The first kappa shape index (κ1) is 9.82. The third-order valence-electron chi connectivity index (χ3n) is 3.95. The van der Waals surface area contributed by atoms with Crippen molar-refractivity contribution in [3.8, 4) is 5.75 Å². The molecule has 16 heavy (non-hydrogen) atoms. The fourth-order valence-electron chi connectivity index (χ4n) is 3.14. The van der Waals surface area contributed by atoms with Crippen LogP contribution in [0.2, 0.25) is 0 Å². The zero-order valence-electron chi connectivity index (χ0n) is 9.65. The van der Waals surface area contributed by atoms with E-state index in [0.29, 0.717) is 0 Å². The molecule has 2 atom stereocenters. The number of hydrogen-bond donors (Lipinski definition) is 1. The first-order chi connectivity index (χ1) is 7.78. The van der Waals surface area contributed by atoms with Gasteiger partial charge < -0.3 is 15.4 Å². The van der Waals surface area contributed by atoms with Crippen LogP contribution >= 0.6 is 0 Å². The quantitative estimate of drug-likeness (QED) is 0.774. The largest absolute Gasteiger partial charge is 0.497 e. The second kappa shape index (κ2) is 3.58. The van der Waals surface area contributed by atoms with Crippen molar-refractivity contribution in [2.75, 3.05) is 24.3 Å². The lowest BCUT2D eigenvalue weighted by Crippen LogP contribution is -2.32. The van der Waals surface area contributed by atoms with Crippen molar-refractivity contribution >= 4 is 11.4 Å². The van der Waals surface area contributed by atoms with Crippen LogP contribution in [0.15, 0.2) is 18.2 Å². The van der Waals surface area contributed by atoms with E-state index >= 15 is 0 Å². The molecule has 2 aliphatic rings. The molecule has 1 heterocycles. The Bertz CT molecular complexity index is 405. The summed E-state index contributed by atoms with van der Waals surface area (Å²) in [5.41, 5.74) is 8.11. The molecule has 1 aromatic rings. The van der Waals surface area contributed by atoms with Crippen molar-refractivity contribution in [2.24, 2.45) is 5.92 Å². The number of nitrogens with two attached hydrogens (primary N) is 1. The molecule has 0 amide bonds. The maximum Gasteiger partial charge on any atom is 0.121 e. The predicted molar refractivity (Wildman–Crippen MR) is 65.9 cm³/mol. The minimum absolute atomic E-state index is 0.723. The number of benzene rings is 1. The number of rotatable bonds is 2. The Kier molecular flexibility index (Phi) is 2.20. The summed E-state index contributed by atoms with van der Waals surface area (Å²) in [7, 11) is 1.67. The molecule has 2 fully saturated rings. The number of nitrogen functional groups attached to an aromatic ring is 1. The molecule has 3 heteroatoms. The molecule has 2 unspecified atom stereocenters. The van der Waals surface area contributed by atoms with Crippen LogP contribution in [0.5, 0.6) is 5.75 Å². The second-order valence-electron chi connectivity index (χ2n) is 4.91. The van der Waals surface area contributed by atoms with Gasteiger partial charge in [-0.25, -0.2) is 0 Å². The fourth-order valence-corrected chi connectivity index (χ4v) is 3.14. The Balaban J connectivity index is 1.89. The monoisotopic (exact) mass is 218 g/mol. The third kappa shape index (κ3) is 1.42. The third-order valence-corrected chi connectivity index (χ3v) is 3.95. The zero-order valence-corrected chi connectivity index (χ0v) is 9.65. The first-order valence-corrected chi connectivity index (χ1v) is 5.98. The van der Waals surface area contributed by atoms with Gasteiger partial charge in [0.2, 0.25) is 0 Å². The first-order valence-electron chi connectivity index (χ1n) is 5.98. The second-order valence-corrected chi connectivity index (χ2v) is 4.91. The lowest BCUT2D eigenvalue weighted by atomic mass is 10.1. The SMILES string of the molecule is COc1ccc(N2CC3CCC2C3)c(N)c1. The van der Waals surface area contributed by atoms with Crippen LogP contribution in [0.1, 0.15) is 19.3 Å². The Morgan fingerprint density at radius 3 is 2.81 bits per heavy atom. The van der Waals surface area contributed by atoms with E-state index in [2.05, 4.69) is 11.0 Å². The van der Waals surface area contributed by atoms with E-state index in [4.69, 9.17) is 10.5 Å². The Morgan fingerprint density at radius 2 is 2.25 bits per heavy atom. The molecule has 1 saturated carbocycles. The summed E-state index contributed by atoms with van der Waals surface area (Å²) in [4.78, 5) is 2.48. The molecule has 86 valence electrons. The van der Waals surface area contributed by atoms with Crippen LogP contribution in [-0.2, 0) is 0 Å². The smallest absolute Gasteiger partial charge is 0.121 e. The van der Waals surface area contributed by atoms with Gasteiger partial charge in [0.1, 0.15) is 5.75 Å². The number of hydrogen-bond acceptors (Lipinski definition) is 3. The fraction of sp³-hybridized carbons (Fsp3) is 0.538. The molecule has 0 spiro atoms. The van der Waals surface area contributed by atoms with Gasteiger partial charge in [0.05, 0.1) is 18.5 Å². The lowest BCUT2D eigenvalue weighted by molar-refractivity contribution is 0.415. The molecule has 1 aromatic carbocycles. The topological polar surface area (TPSA) is 38.5 Å². The van der Waals surface area contributed by atoms with E-state index in [1.54, 1.807) is 7.11 Å². The highest BCUT2D eigenvalue weighted by Crippen LogP contribution is 2.42. The van der Waals surface area contributed by atoms with Crippen molar-refractivity contribution in [3.63, 3.8) is 0 Å². The maximum absolute atomic E-state index is 6.09. The van der Waals surface area contributed by atoms with Crippen molar-refractivity contribution < 1.29 is 4.74 Å². The number of ether oxygens (including phenoxy) is 1. The van der Waals surface area contributed by atoms with E-state index < -0.39 is 0 Å². The van der Waals surface area contributed by atoms with Gasteiger partial charge in [0.25, 0.3) is 0 Å². The number of anilines is 2. The van der Waals surface area contributed by atoms with Crippen LogP contribution in [0, 0.1) is 5.92 Å². The van der Waals surface area contributed by atoms with Crippen molar-refractivity contribution in [3.05, 3.63) is 18.2 Å². The standard InChI is InChI=1S/C13H18N2O/c1-16-11-4-5-13(12(14)7-11)15-8-9-2-3-10(15)6-9/h4-5,7,9-10H,2-3,6,8,14H2,1H3. The molecule has 1 aliphatic carbocycles. The molecule has 2 bridgehead atoms. The van der Waals surface area contributed by atoms with Crippen LogP contribution in [-0.4, -0.2) is 19.7 Å². The molecule has 3 rings (SSSR count). The summed E-state index contributed by atoms with van der Waals surface area (Å²) >= 11 is 0. The number of nitrogens with zero attached hydrogens (tertiary/aromatic N) is 1. The van der Waals surface area contributed by atoms with Gasteiger partial charge in [0, 0.05) is 18.7 Å². The van der Waals surface area contributed by atoms with E-state index in [9.17, 15) is 0 Å². The minimum atomic E-state index is 0.723. The Morgan fingerprint density at radius 1 is 1.38 bits per heavy atom. The van der Waals surface area contributed by atoms with Gasteiger partial charge in [-0.1, -0.05) is 0 Å². The van der Waals surface area contributed by atoms with Crippen LogP contribution in [0.4, 0.5) is 11.4 Å². The minimum Gasteiger partial charge on any atom is -0.497 e. The molecule has 2 N–H and O–H groups in total. The molecular formula is C13H18N2O. The van der Waals surface area contributed by atoms with Gasteiger partial charge in [-0.15, -0.1) is 0 Å². The van der Waals surface area contributed by atoms with Crippen molar-refractivity contribution in [2.45, 2.75) is 25.3 Å². The molecule has 0 aromatic heterocycles. The molecular weight excluding hydrogens is 200 g/mol.